The first kappa shape index (κ1) is 13.1. The summed E-state index contributed by atoms with van der Waals surface area (Å²) in [6.45, 7) is 3.30. The number of benzene rings is 2. The maximum absolute atomic E-state index is 13.0. The van der Waals surface area contributed by atoms with E-state index in [0.29, 0.717) is 17.9 Å². The van der Waals surface area contributed by atoms with Gasteiger partial charge in [-0.2, -0.15) is 0 Å². The molecule has 1 aromatic heterocycles. The highest BCUT2D eigenvalue weighted by molar-refractivity contribution is 6.07. The van der Waals surface area contributed by atoms with Gasteiger partial charge in [-0.1, -0.05) is 42.5 Å². The minimum absolute atomic E-state index is 0.0666. The smallest absolute Gasteiger partial charge is 0.258 e. The van der Waals surface area contributed by atoms with Crippen molar-refractivity contribution in [3.8, 4) is 0 Å². The van der Waals surface area contributed by atoms with Crippen molar-refractivity contribution in [2.24, 2.45) is 0 Å². The number of para-hydroxylation sites is 1. The second kappa shape index (κ2) is 5.02. The van der Waals surface area contributed by atoms with E-state index in [1.165, 1.54) is 11.1 Å². The number of fused-ring (bicyclic) bond motifs is 2. The van der Waals surface area contributed by atoms with Gasteiger partial charge in [-0.15, -0.1) is 0 Å². The molecule has 0 bridgehead atoms. The number of carbonyl (C=O) groups is 1. The van der Waals surface area contributed by atoms with Crippen LogP contribution in [-0.4, -0.2) is 17.4 Å². The van der Waals surface area contributed by atoms with E-state index in [2.05, 4.69) is 18.2 Å². The van der Waals surface area contributed by atoms with Gasteiger partial charge < -0.3 is 9.32 Å². The third-order valence-corrected chi connectivity index (χ3v) is 4.40. The molecule has 0 fully saturated rings. The molecule has 4 rings (SSSR count). The molecule has 110 valence electrons. The van der Waals surface area contributed by atoms with E-state index in [1.807, 2.05) is 42.2 Å². The summed E-state index contributed by atoms with van der Waals surface area (Å²) in [5.41, 5.74) is 4.07. The highest BCUT2D eigenvalue weighted by Gasteiger charge is 2.26. The summed E-state index contributed by atoms with van der Waals surface area (Å²) in [5.74, 6) is 0.766. The molecule has 1 aliphatic rings. The van der Waals surface area contributed by atoms with E-state index < -0.39 is 0 Å². The monoisotopic (exact) mass is 291 g/mol. The number of aryl methyl sites for hydroxylation is 1. The molecule has 0 spiro atoms. The Bertz CT molecular complexity index is 863. The summed E-state index contributed by atoms with van der Waals surface area (Å²) in [6.07, 6.45) is 0.913. The van der Waals surface area contributed by atoms with Crippen molar-refractivity contribution in [1.82, 2.24) is 4.90 Å². The lowest BCUT2D eigenvalue weighted by molar-refractivity contribution is 0.0734. The Morgan fingerprint density at radius 3 is 2.64 bits per heavy atom. The Hall–Kier alpha value is -2.55. The zero-order chi connectivity index (χ0) is 15.1. The maximum atomic E-state index is 13.0. The fourth-order valence-corrected chi connectivity index (χ4v) is 3.26. The third-order valence-electron chi connectivity index (χ3n) is 4.40. The van der Waals surface area contributed by atoms with Crippen molar-refractivity contribution in [2.45, 2.75) is 19.9 Å². The normalized spacial score (nSPS) is 14.1. The Balaban J connectivity index is 1.71. The fourth-order valence-electron chi connectivity index (χ4n) is 3.26. The summed E-state index contributed by atoms with van der Waals surface area (Å²) in [4.78, 5) is 14.9. The van der Waals surface area contributed by atoms with Crippen LogP contribution in [0.15, 0.2) is 52.9 Å². The van der Waals surface area contributed by atoms with E-state index in [9.17, 15) is 4.79 Å². The van der Waals surface area contributed by atoms with Crippen LogP contribution < -0.4 is 0 Å². The summed E-state index contributed by atoms with van der Waals surface area (Å²) < 4.78 is 5.73. The first-order valence-electron chi connectivity index (χ1n) is 7.58. The van der Waals surface area contributed by atoms with Crippen LogP contribution in [0.4, 0.5) is 0 Å². The Kier molecular flexibility index (Phi) is 3.00. The number of amides is 1. The van der Waals surface area contributed by atoms with Crippen LogP contribution >= 0.6 is 0 Å². The van der Waals surface area contributed by atoms with E-state index in [1.54, 1.807) is 0 Å². The van der Waals surface area contributed by atoms with Crippen molar-refractivity contribution in [3.63, 3.8) is 0 Å². The molecule has 0 unspecified atom stereocenters. The van der Waals surface area contributed by atoms with E-state index >= 15 is 0 Å². The molecule has 0 radical (unpaired) electrons. The maximum Gasteiger partial charge on any atom is 0.258 e. The van der Waals surface area contributed by atoms with Crippen molar-refractivity contribution >= 4 is 16.9 Å². The number of carbonyl (C=O) groups excluding carboxylic acids is 1. The van der Waals surface area contributed by atoms with Crippen LogP contribution in [0.2, 0.25) is 0 Å². The number of hydrogen-bond donors (Lipinski definition) is 0. The van der Waals surface area contributed by atoms with Gasteiger partial charge in [-0.05, 0) is 30.5 Å². The molecule has 0 saturated heterocycles. The standard InChI is InChI=1S/C19H17NO2/c1-13-18(16-8-4-5-9-17(16)22-13)19(21)20-11-10-14-6-2-3-7-15(14)12-20/h2-9H,10-12H2,1H3. The van der Waals surface area contributed by atoms with E-state index in [0.717, 1.165) is 23.9 Å². The van der Waals surface area contributed by atoms with E-state index in [4.69, 9.17) is 4.42 Å². The van der Waals surface area contributed by atoms with Gasteiger partial charge >= 0.3 is 0 Å². The molecule has 0 N–H and O–H groups in total. The van der Waals surface area contributed by atoms with Gasteiger partial charge in [0.1, 0.15) is 11.3 Å². The quantitative estimate of drug-likeness (QED) is 0.680. The molecule has 3 aromatic rings. The summed E-state index contributed by atoms with van der Waals surface area (Å²) >= 11 is 0. The van der Waals surface area contributed by atoms with Crippen molar-refractivity contribution < 1.29 is 9.21 Å². The molecule has 0 atom stereocenters. The van der Waals surface area contributed by atoms with Gasteiger partial charge in [0.25, 0.3) is 5.91 Å². The SMILES string of the molecule is Cc1oc2ccccc2c1C(=O)N1CCc2ccccc2C1. The second-order valence-corrected chi connectivity index (χ2v) is 5.77. The van der Waals surface area contributed by atoms with Crippen molar-refractivity contribution in [1.29, 1.82) is 0 Å². The average molecular weight is 291 g/mol. The van der Waals surface area contributed by atoms with Crippen molar-refractivity contribution in [3.05, 3.63) is 71.0 Å². The number of furan rings is 1. The molecule has 1 aliphatic heterocycles. The molecule has 3 heteroatoms. The zero-order valence-electron chi connectivity index (χ0n) is 12.5. The summed E-state index contributed by atoms with van der Waals surface area (Å²) in [6, 6.07) is 16.1. The lowest BCUT2D eigenvalue weighted by atomic mass is 9.99. The molecule has 0 aliphatic carbocycles. The molecule has 3 nitrogen and oxygen atoms in total. The molecule has 0 saturated carbocycles. The lowest BCUT2D eigenvalue weighted by Crippen LogP contribution is -2.36. The molecule has 22 heavy (non-hydrogen) atoms. The zero-order valence-corrected chi connectivity index (χ0v) is 12.5. The molecular weight excluding hydrogens is 274 g/mol. The summed E-state index contributed by atoms with van der Waals surface area (Å²) in [7, 11) is 0. The number of hydrogen-bond acceptors (Lipinski definition) is 2. The van der Waals surface area contributed by atoms with Crippen LogP contribution in [0.3, 0.4) is 0 Å². The first-order valence-corrected chi connectivity index (χ1v) is 7.58. The minimum Gasteiger partial charge on any atom is -0.461 e. The topological polar surface area (TPSA) is 33.5 Å². The third kappa shape index (κ3) is 2.01. The molecule has 1 amide bonds. The van der Waals surface area contributed by atoms with Crippen LogP contribution in [0.1, 0.15) is 27.2 Å². The Labute approximate surface area is 129 Å². The Morgan fingerprint density at radius 2 is 1.77 bits per heavy atom. The highest BCUT2D eigenvalue weighted by Crippen LogP contribution is 2.28. The fraction of sp³-hybridized carbons (Fsp3) is 0.211. The number of nitrogens with zero attached hydrogens (tertiary/aromatic N) is 1. The molecular formula is C19H17NO2. The predicted molar refractivity (Wildman–Crippen MR) is 85.8 cm³/mol. The van der Waals surface area contributed by atoms with Gasteiger partial charge in [-0.3, -0.25) is 4.79 Å². The Morgan fingerprint density at radius 1 is 1.05 bits per heavy atom. The predicted octanol–water partition coefficient (Wildman–Crippen LogP) is 3.94. The second-order valence-electron chi connectivity index (χ2n) is 5.77. The molecule has 2 aromatic carbocycles. The van der Waals surface area contributed by atoms with Gasteiger partial charge in [-0.25, -0.2) is 0 Å². The van der Waals surface area contributed by atoms with Gasteiger partial charge in [0, 0.05) is 18.5 Å². The van der Waals surface area contributed by atoms with Crippen LogP contribution in [0.5, 0.6) is 0 Å². The largest absolute Gasteiger partial charge is 0.461 e. The van der Waals surface area contributed by atoms with Crippen LogP contribution in [-0.2, 0) is 13.0 Å². The first-order chi connectivity index (χ1) is 10.7. The van der Waals surface area contributed by atoms with Gasteiger partial charge in [0.2, 0.25) is 0 Å². The van der Waals surface area contributed by atoms with Crippen LogP contribution in [0.25, 0.3) is 11.0 Å². The minimum atomic E-state index is 0.0666. The van der Waals surface area contributed by atoms with E-state index in [-0.39, 0.29) is 5.91 Å². The van der Waals surface area contributed by atoms with Crippen molar-refractivity contribution in [2.75, 3.05) is 6.54 Å². The molecule has 2 heterocycles. The van der Waals surface area contributed by atoms with Crippen LogP contribution in [0, 0.1) is 6.92 Å². The lowest BCUT2D eigenvalue weighted by Gasteiger charge is -2.28. The summed E-state index contributed by atoms with van der Waals surface area (Å²) in [5, 5.41) is 0.906. The average Bonchev–Trinajstić information content (AvgIpc) is 2.89. The van der Waals surface area contributed by atoms with Gasteiger partial charge in [0.15, 0.2) is 0 Å². The number of rotatable bonds is 1. The highest BCUT2D eigenvalue weighted by atomic mass is 16.3. The van der Waals surface area contributed by atoms with Gasteiger partial charge in [0.05, 0.1) is 5.56 Å².